The number of benzene rings is 1. The number of ether oxygens (including phenoxy) is 1. The number of hydrogen-bond acceptors (Lipinski definition) is 3. The molecule has 1 rings (SSSR count). The van der Waals surface area contributed by atoms with Crippen LogP contribution in [0.3, 0.4) is 0 Å². The Hall–Kier alpha value is -1.84. The number of aryl methyl sites for hydroxylation is 1. The Labute approximate surface area is 107 Å². The molecule has 98 valence electrons. The second-order valence-corrected chi connectivity index (χ2v) is 4.63. The van der Waals surface area contributed by atoms with Crippen LogP contribution in [0.15, 0.2) is 18.2 Å². The Balaban J connectivity index is 2.91. The Morgan fingerprint density at radius 2 is 2.00 bits per heavy atom. The van der Waals surface area contributed by atoms with Gasteiger partial charge in [0.05, 0.1) is 12.7 Å². The molecule has 0 heterocycles. The molecule has 0 fully saturated rings. The lowest BCUT2D eigenvalue weighted by Gasteiger charge is -2.09. The van der Waals surface area contributed by atoms with Crippen molar-refractivity contribution in [1.29, 1.82) is 0 Å². The molecule has 0 atom stereocenters. The second kappa shape index (κ2) is 6.19. The summed E-state index contributed by atoms with van der Waals surface area (Å²) in [6.45, 7) is 6.47. The zero-order chi connectivity index (χ0) is 13.7. The largest absolute Gasteiger partial charge is 0.465 e. The lowest BCUT2D eigenvalue weighted by molar-refractivity contribution is 0.0600. The summed E-state index contributed by atoms with van der Waals surface area (Å²) in [6.07, 6.45) is 0. The van der Waals surface area contributed by atoms with E-state index in [9.17, 15) is 9.59 Å². The predicted molar refractivity (Wildman–Crippen MR) is 69.7 cm³/mol. The molecule has 4 nitrogen and oxygen atoms in total. The lowest BCUT2D eigenvalue weighted by atomic mass is 10.0. The summed E-state index contributed by atoms with van der Waals surface area (Å²) in [5, 5.41) is 2.81. The van der Waals surface area contributed by atoms with Gasteiger partial charge in [-0.15, -0.1) is 0 Å². The van der Waals surface area contributed by atoms with Crippen molar-refractivity contribution in [2.24, 2.45) is 5.92 Å². The molecule has 0 aliphatic carbocycles. The highest BCUT2D eigenvalue weighted by Gasteiger charge is 2.13. The van der Waals surface area contributed by atoms with Gasteiger partial charge in [0.2, 0.25) is 0 Å². The Morgan fingerprint density at radius 1 is 1.33 bits per heavy atom. The molecule has 0 aliphatic heterocycles. The number of esters is 1. The first-order valence-corrected chi connectivity index (χ1v) is 5.93. The highest BCUT2D eigenvalue weighted by Crippen LogP contribution is 2.12. The number of hydrogen-bond donors (Lipinski definition) is 1. The number of carbonyl (C=O) groups is 2. The molecule has 0 bridgehead atoms. The molecule has 4 heteroatoms. The van der Waals surface area contributed by atoms with Gasteiger partial charge in [-0.3, -0.25) is 4.79 Å². The average Bonchev–Trinajstić information content (AvgIpc) is 2.35. The normalized spacial score (nSPS) is 10.3. The van der Waals surface area contributed by atoms with Crippen LogP contribution in [-0.2, 0) is 4.74 Å². The van der Waals surface area contributed by atoms with Gasteiger partial charge in [0, 0.05) is 12.1 Å². The third kappa shape index (κ3) is 3.58. The van der Waals surface area contributed by atoms with Gasteiger partial charge in [0.15, 0.2) is 0 Å². The summed E-state index contributed by atoms with van der Waals surface area (Å²) < 4.78 is 4.68. The Bertz CT molecular complexity index is 452. The Morgan fingerprint density at radius 3 is 2.56 bits per heavy atom. The summed E-state index contributed by atoms with van der Waals surface area (Å²) in [5.74, 6) is -0.209. The van der Waals surface area contributed by atoms with Crippen LogP contribution in [0.2, 0.25) is 0 Å². The van der Waals surface area contributed by atoms with E-state index in [4.69, 9.17) is 0 Å². The van der Waals surface area contributed by atoms with Crippen LogP contribution < -0.4 is 5.32 Å². The number of methoxy groups -OCH3 is 1. The molecule has 1 amide bonds. The van der Waals surface area contributed by atoms with Gasteiger partial charge in [0.1, 0.15) is 0 Å². The first kappa shape index (κ1) is 14.2. The minimum absolute atomic E-state index is 0.172. The maximum atomic E-state index is 11.9. The SMILES string of the molecule is COC(=O)c1cc(C(=O)NCC(C)C)ccc1C. The number of rotatable bonds is 4. The zero-order valence-electron chi connectivity index (χ0n) is 11.2. The fourth-order valence-electron chi connectivity index (χ4n) is 1.49. The van der Waals surface area contributed by atoms with Crippen LogP contribution in [0.25, 0.3) is 0 Å². The van der Waals surface area contributed by atoms with Gasteiger partial charge in [-0.2, -0.15) is 0 Å². The van der Waals surface area contributed by atoms with Crippen molar-refractivity contribution >= 4 is 11.9 Å². The van der Waals surface area contributed by atoms with Crippen LogP contribution >= 0.6 is 0 Å². The second-order valence-electron chi connectivity index (χ2n) is 4.63. The summed E-state index contributed by atoms with van der Waals surface area (Å²) >= 11 is 0. The van der Waals surface area contributed by atoms with Crippen LogP contribution in [0.1, 0.15) is 40.1 Å². The number of nitrogens with one attached hydrogen (secondary N) is 1. The summed E-state index contributed by atoms with van der Waals surface area (Å²) in [6, 6.07) is 5.02. The van der Waals surface area contributed by atoms with Gasteiger partial charge in [-0.1, -0.05) is 19.9 Å². The quantitative estimate of drug-likeness (QED) is 0.832. The molecule has 1 N–H and O–H groups in total. The van der Waals surface area contributed by atoms with Crippen molar-refractivity contribution in [1.82, 2.24) is 5.32 Å². The predicted octanol–water partition coefficient (Wildman–Crippen LogP) is 2.17. The summed E-state index contributed by atoms with van der Waals surface area (Å²) in [5.41, 5.74) is 1.69. The van der Waals surface area contributed by atoms with Crippen molar-refractivity contribution in [2.45, 2.75) is 20.8 Å². The van der Waals surface area contributed by atoms with E-state index in [0.717, 1.165) is 5.56 Å². The molecule has 0 radical (unpaired) electrons. The van der Waals surface area contributed by atoms with Crippen molar-refractivity contribution < 1.29 is 14.3 Å². The minimum Gasteiger partial charge on any atom is -0.465 e. The van der Waals surface area contributed by atoms with Crippen LogP contribution in [0.4, 0.5) is 0 Å². The molecule has 1 aromatic carbocycles. The third-order valence-corrected chi connectivity index (χ3v) is 2.58. The summed E-state index contributed by atoms with van der Waals surface area (Å²) in [4.78, 5) is 23.4. The molecule has 0 saturated carbocycles. The van der Waals surface area contributed by atoms with E-state index in [0.29, 0.717) is 23.6 Å². The van der Waals surface area contributed by atoms with E-state index >= 15 is 0 Å². The first-order valence-electron chi connectivity index (χ1n) is 5.93. The van der Waals surface area contributed by atoms with E-state index < -0.39 is 5.97 Å². The van der Waals surface area contributed by atoms with Gasteiger partial charge >= 0.3 is 5.97 Å². The van der Waals surface area contributed by atoms with E-state index in [2.05, 4.69) is 10.1 Å². The number of carbonyl (C=O) groups excluding carboxylic acids is 2. The van der Waals surface area contributed by atoms with Gasteiger partial charge in [-0.25, -0.2) is 4.79 Å². The molecular formula is C14H19NO3. The highest BCUT2D eigenvalue weighted by atomic mass is 16.5. The molecule has 1 aromatic rings. The highest BCUT2D eigenvalue weighted by molar-refractivity contribution is 5.98. The molecule has 0 spiro atoms. The van der Waals surface area contributed by atoms with E-state index in [-0.39, 0.29) is 5.91 Å². The van der Waals surface area contributed by atoms with Crippen molar-refractivity contribution in [2.75, 3.05) is 13.7 Å². The number of amides is 1. The van der Waals surface area contributed by atoms with E-state index in [1.165, 1.54) is 7.11 Å². The maximum absolute atomic E-state index is 11.9. The molecule has 0 aliphatic rings. The van der Waals surface area contributed by atoms with Crippen LogP contribution in [-0.4, -0.2) is 25.5 Å². The van der Waals surface area contributed by atoms with Crippen molar-refractivity contribution in [3.63, 3.8) is 0 Å². The minimum atomic E-state index is -0.425. The fraction of sp³-hybridized carbons (Fsp3) is 0.429. The first-order chi connectivity index (χ1) is 8.45. The maximum Gasteiger partial charge on any atom is 0.338 e. The van der Waals surface area contributed by atoms with Crippen LogP contribution in [0.5, 0.6) is 0 Å². The molecule has 18 heavy (non-hydrogen) atoms. The monoisotopic (exact) mass is 249 g/mol. The van der Waals surface area contributed by atoms with Gasteiger partial charge in [0.25, 0.3) is 5.91 Å². The smallest absolute Gasteiger partial charge is 0.338 e. The molecule has 0 saturated heterocycles. The third-order valence-electron chi connectivity index (χ3n) is 2.58. The Kier molecular flexibility index (Phi) is 4.89. The van der Waals surface area contributed by atoms with E-state index in [1.54, 1.807) is 18.2 Å². The molecular weight excluding hydrogens is 230 g/mol. The molecule has 0 aromatic heterocycles. The van der Waals surface area contributed by atoms with Gasteiger partial charge in [-0.05, 0) is 30.5 Å². The van der Waals surface area contributed by atoms with Crippen molar-refractivity contribution in [3.05, 3.63) is 34.9 Å². The lowest BCUT2D eigenvalue weighted by Crippen LogP contribution is -2.27. The van der Waals surface area contributed by atoms with E-state index in [1.807, 2.05) is 20.8 Å². The standard InChI is InChI=1S/C14H19NO3/c1-9(2)8-15-13(16)11-6-5-10(3)12(7-11)14(17)18-4/h5-7,9H,8H2,1-4H3,(H,15,16). The van der Waals surface area contributed by atoms with Crippen LogP contribution in [0, 0.1) is 12.8 Å². The van der Waals surface area contributed by atoms with Gasteiger partial charge < -0.3 is 10.1 Å². The topological polar surface area (TPSA) is 55.4 Å². The zero-order valence-corrected chi connectivity index (χ0v) is 11.2. The summed E-state index contributed by atoms with van der Waals surface area (Å²) in [7, 11) is 1.33. The fourth-order valence-corrected chi connectivity index (χ4v) is 1.49. The van der Waals surface area contributed by atoms with Crippen molar-refractivity contribution in [3.8, 4) is 0 Å². The molecule has 0 unspecified atom stereocenters. The average molecular weight is 249 g/mol.